The average Bonchev–Trinajstić information content (AvgIpc) is 3.09. The number of hydrogen-bond donors (Lipinski definition) is 1. The Bertz CT molecular complexity index is 974. The van der Waals surface area contributed by atoms with Gasteiger partial charge in [-0.3, -0.25) is 9.59 Å². The molecule has 2 amide bonds. The molecule has 1 N–H and O–H groups in total. The van der Waals surface area contributed by atoms with Gasteiger partial charge in [-0.1, -0.05) is 0 Å². The van der Waals surface area contributed by atoms with Crippen LogP contribution in [-0.4, -0.2) is 54.1 Å². The van der Waals surface area contributed by atoms with Crippen LogP contribution in [-0.2, 0) is 29.4 Å². The van der Waals surface area contributed by atoms with Crippen molar-refractivity contribution in [2.75, 3.05) is 26.8 Å². The fourth-order valence-electron chi connectivity index (χ4n) is 5.41. The zero-order valence-electron chi connectivity index (χ0n) is 19.2. The topological polar surface area (TPSA) is 63.6 Å². The van der Waals surface area contributed by atoms with E-state index in [0.29, 0.717) is 18.0 Å². The molecule has 2 atom stereocenters. The molecule has 6 nitrogen and oxygen atoms in total. The Kier molecular flexibility index (Phi) is 6.37. The third-order valence-corrected chi connectivity index (χ3v) is 7.47. The molecule has 1 aliphatic heterocycles. The molecule has 0 bridgehead atoms. The normalized spacial score (nSPS) is 20.3. The summed E-state index contributed by atoms with van der Waals surface area (Å²) in [6, 6.07) is 5.50. The van der Waals surface area contributed by atoms with Gasteiger partial charge in [0.2, 0.25) is 5.91 Å². The molecule has 1 aliphatic carbocycles. The Morgan fingerprint density at radius 3 is 2.68 bits per heavy atom. The maximum atomic E-state index is 13.2. The third-order valence-electron chi connectivity index (χ3n) is 7.47. The van der Waals surface area contributed by atoms with Crippen molar-refractivity contribution >= 4 is 22.7 Å². The molecular weight excluding hydrogens is 390 g/mol. The van der Waals surface area contributed by atoms with Crippen LogP contribution in [0.25, 0.3) is 10.9 Å². The van der Waals surface area contributed by atoms with Crippen LogP contribution in [0.4, 0.5) is 0 Å². The zero-order chi connectivity index (χ0) is 22.1. The predicted molar refractivity (Wildman–Crippen MR) is 122 cm³/mol. The molecular formula is C25H35N3O3. The van der Waals surface area contributed by atoms with E-state index in [2.05, 4.69) is 23.0 Å². The van der Waals surface area contributed by atoms with E-state index < -0.39 is 6.04 Å². The number of aromatic nitrogens is 1. The first-order chi connectivity index (χ1) is 14.9. The molecule has 1 saturated heterocycles. The van der Waals surface area contributed by atoms with E-state index in [1.54, 1.807) is 14.0 Å². The molecule has 1 aromatic heterocycles. The molecule has 1 fully saturated rings. The lowest BCUT2D eigenvalue weighted by atomic mass is 9.75. The molecule has 2 heterocycles. The third kappa shape index (κ3) is 4.10. The van der Waals surface area contributed by atoms with Crippen molar-refractivity contribution in [2.24, 2.45) is 18.9 Å². The van der Waals surface area contributed by atoms with Crippen molar-refractivity contribution in [1.29, 1.82) is 0 Å². The van der Waals surface area contributed by atoms with E-state index in [4.69, 9.17) is 4.74 Å². The average molecular weight is 426 g/mol. The summed E-state index contributed by atoms with van der Waals surface area (Å²) in [6.45, 7) is 5.98. The second-order valence-corrected chi connectivity index (χ2v) is 9.16. The number of amides is 2. The van der Waals surface area contributed by atoms with Crippen LogP contribution in [0.15, 0.2) is 18.2 Å². The van der Waals surface area contributed by atoms with Gasteiger partial charge in [0.25, 0.3) is 5.91 Å². The Balaban J connectivity index is 1.62. The van der Waals surface area contributed by atoms with Crippen molar-refractivity contribution in [1.82, 2.24) is 14.8 Å². The molecule has 6 heteroatoms. The lowest BCUT2D eigenvalue weighted by molar-refractivity contribution is -0.124. The minimum absolute atomic E-state index is 0.116. The molecule has 168 valence electrons. The van der Waals surface area contributed by atoms with Crippen molar-refractivity contribution in [2.45, 2.75) is 52.0 Å². The summed E-state index contributed by atoms with van der Waals surface area (Å²) in [5, 5.41) is 3.99. The number of carbonyl (C=O) groups excluding carboxylic acids is 2. The van der Waals surface area contributed by atoms with Gasteiger partial charge < -0.3 is 19.5 Å². The number of fused-ring (bicyclic) bond motifs is 3. The van der Waals surface area contributed by atoms with Gasteiger partial charge in [0.1, 0.15) is 6.04 Å². The second kappa shape index (κ2) is 9.03. The molecule has 1 aromatic carbocycles. The zero-order valence-corrected chi connectivity index (χ0v) is 19.2. The number of likely N-dealkylation sites (N-methyl/N-ethyl adjacent to an activating group) is 2. The summed E-state index contributed by atoms with van der Waals surface area (Å²) in [7, 11) is 3.84. The molecule has 4 rings (SSSR count). The maximum Gasteiger partial charge on any atom is 0.254 e. The molecule has 2 aliphatic rings. The Labute approximate surface area is 184 Å². The van der Waals surface area contributed by atoms with Crippen molar-refractivity contribution in [3.05, 3.63) is 35.0 Å². The minimum Gasteiger partial charge on any atom is -0.381 e. The maximum absolute atomic E-state index is 13.2. The molecule has 1 unspecified atom stereocenters. The Morgan fingerprint density at radius 2 is 1.97 bits per heavy atom. The summed E-state index contributed by atoms with van der Waals surface area (Å²) in [6.07, 6.45) is 5.74. The summed E-state index contributed by atoms with van der Waals surface area (Å²) < 4.78 is 7.88. The summed E-state index contributed by atoms with van der Waals surface area (Å²) in [4.78, 5) is 26.9. The highest BCUT2D eigenvalue weighted by molar-refractivity contribution is 6.01. The van der Waals surface area contributed by atoms with Crippen LogP contribution in [0.2, 0.25) is 0 Å². The van der Waals surface area contributed by atoms with E-state index in [-0.39, 0.29) is 11.8 Å². The molecule has 0 spiro atoms. The van der Waals surface area contributed by atoms with E-state index in [1.807, 2.05) is 19.1 Å². The molecule has 2 aromatic rings. The predicted octanol–water partition coefficient (Wildman–Crippen LogP) is 3.31. The van der Waals surface area contributed by atoms with Gasteiger partial charge in [-0.15, -0.1) is 0 Å². The summed E-state index contributed by atoms with van der Waals surface area (Å²) in [5.74, 6) is 1.19. The number of aryl methyl sites for hydroxylation is 1. The first-order valence-electron chi connectivity index (χ1n) is 11.6. The first kappa shape index (κ1) is 21.9. The number of benzene rings is 1. The number of nitrogens with one attached hydrogen (secondary N) is 1. The highest BCUT2D eigenvalue weighted by Crippen LogP contribution is 2.39. The fourth-order valence-corrected chi connectivity index (χ4v) is 5.41. The van der Waals surface area contributed by atoms with Crippen LogP contribution in [0.3, 0.4) is 0 Å². The molecule has 31 heavy (non-hydrogen) atoms. The van der Waals surface area contributed by atoms with E-state index in [1.165, 1.54) is 33.5 Å². The van der Waals surface area contributed by atoms with Crippen LogP contribution in [0.1, 0.15) is 54.7 Å². The van der Waals surface area contributed by atoms with Gasteiger partial charge in [-0.25, -0.2) is 0 Å². The fraction of sp³-hybridized carbons (Fsp3) is 0.600. The van der Waals surface area contributed by atoms with Gasteiger partial charge in [-0.2, -0.15) is 0 Å². The number of nitrogens with zero attached hydrogens (tertiary/aromatic N) is 2. The molecule has 0 radical (unpaired) electrons. The van der Waals surface area contributed by atoms with Gasteiger partial charge in [-0.05, 0) is 81.5 Å². The second-order valence-electron chi connectivity index (χ2n) is 9.16. The van der Waals surface area contributed by atoms with Crippen molar-refractivity contribution in [3.63, 3.8) is 0 Å². The minimum atomic E-state index is -0.509. The van der Waals surface area contributed by atoms with E-state index >= 15 is 0 Å². The number of ether oxygens (including phenoxy) is 1. The largest absolute Gasteiger partial charge is 0.381 e. The number of hydrogen-bond acceptors (Lipinski definition) is 3. The van der Waals surface area contributed by atoms with Gasteiger partial charge in [0.15, 0.2) is 0 Å². The van der Waals surface area contributed by atoms with Crippen LogP contribution in [0, 0.1) is 11.8 Å². The quantitative estimate of drug-likeness (QED) is 0.799. The lowest BCUT2D eigenvalue weighted by Crippen LogP contribution is -2.45. The van der Waals surface area contributed by atoms with Crippen LogP contribution in [0.5, 0.6) is 0 Å². The Hall–Kier alpha value is -2.34. The van der Waals surface area contributed by atoms with Crippen molar-refractivity contribution < 1.29 is 14.3 Å². The monoisotopic (exact) mass is 425 g/mol. The highest BCUT2D eigenvalue weighted by Gasteiger charge is 2.31. The number of rotatable bonds is 5. The summed E-state index contributed by atoms with van der Waals surface area (Å²) in [5.41, 5.74) is 4.66. The number of carbonyl (C=O) groups is 2. The van der Waals surface area contributed by atoms with Gasteiger partial charge in [0, 0.05) is 56.0 Å². The standard InChI is InChI=1S/C25H35N3O3/c1-5-26-24(29)16(2)27(3)25(30)19-7-9-23-21(15-19)20-14-18(6-8-22(20)28(23)4)17-10-12-31-13-11-17/h7,9,15-18H,5-6,8,10-14H2,1-4H3,(H,26,29)/t16-,18?/m1/s1. The van der Waals surface area contributed by atoms with Crippen LogP contribution < -0.4 is 5.32 Å². The first-order valence-corrected chi connectivity index (χ1v) is 11.6. The van der Waals surface area contributed by atoms with Crippen molar-refractivity contribution in [3.8, 4) is 0 Å². The Morgan fingerprint density at radius 1 is 1.23 bits per heavy atom. The highest BCUT2D eigenvalue weighted by atomic mass is 16.5. The SMILES string of the molecule is CCNC(=O)[C@@H](C)N(C)C(=O)c1ccc2c(c1)c1c(n2C)CCC(C2CCOCC2)C1. The lowest BCUT2D eigenvalue weighted by Gasteiger charge is -2.33. The van der Waals surface area contributed by atoms with Gasteiger partial charge in [0.05, 0.1) is 0 Å². The smallest absolute Gasteiger partial charge is 0.254 e. The van der Waals surface area contributed by atoms with Gasteiger partial charge >= 0.3 is 0 Å². The summed E-state index contributed by atoms with van der Waals surface area (Å²) >= 11 is 0. The van der Waals surface area contributed by atoms with E-state index in [0.717, 1.165) is 44.8 Å². The van der Waals surface area contributed by atoms with E-state index in [9.17, 15) is 9.59 Å². The molecule has 0 saturated carbocycles. The van der Waals surface area contributed by atoms with Crippen LogP contribution >= 0.6 is 0 Å².